The topological polar surface area (TPSA) is 104 Å². The molecule has 1 unspecified atom stereocenters. The third kappa shape index (κ3) is 6.58. The molecule has 0 saturated carbocycles. The Hall–Kier alpha value is -1.16. The molecule has 3 N–H and O–H groups in total. The maximum atomic E-state index is 12.3. The van der Waals surface area contributed by atoms with Gasteiger partial charge in [0.05, 0.1) is 10.6 Å². The molecule has 0 radical (unpaired) electrons. The maximum absolute atomic E-state index is 12.3. The minimum Gasteiger partial charge on any atom is -0.316 e. The van der Waals surface area contributed by atoms with Crippen LogP contribution in [0.15, 0.2) is 29.2 Å². The molecule has 1 heterocycles. The highest BCUT2D eigenvalue weighted by Gasteiger charge is 2.18. The molecule has 142 valence electrons. The van der Waals surface area contributed by atoms with Crippen molar-refractivity contribution in [3.8, 4) is 0 Å². The quantitative estimate of drug-likeness (QED) is 0.563. The molecule has 7 nitrogen and oxygen atoms in total. The van der Waals surface area contributed by atoms with Gasteiger partial charge in [0.15, 0.2) is 0 Å². The Bertz CT molecular complexity index is 740. The average Bonchev–Trinajstić information content (AvgIpc) is 3.06. The first-order valence-electron chi connectivity index (χ1n) is 8.63. The molecule has 0 spiro atoms. The molecule has 1 atom stereocenters. The van der Waals surface area contributed by atoms with E-state index >= 15 is 0 Å². The third-order valence-electron chi connectivity index (χ3n) is 4.21. The standard InChI is InChI=1S/C16H27N3O4S2/c1-2-3-12-24(20,21)19-15-4-6-16(7-5-15)25(22,23)18-11-9-14-8-10-17-13-14/h4-7,14,17-19H,2-3,8-13H2,1H3. The number of hydrogen-bond acceptors (Lipinski definition) is 5. The number of hydrogen-bond donors (Lipinski definition) is 3. The Morgan fingerprint density at radius 1 is 1.16 bits per heavy atom. The minimum atomic E-state index is -3.57. The van der Waals surface area contributed by atoms with Crippen molar-refractivity contribution in [2.75, 3.05) is 30.1 Å². The lowest BCUT2D eigenvalue weighted by Gasteiger charge is -2.11. The van der Waals surface area contributed by atoms with Crippen LogP contribution in [0.1, 0.15) is 32.6 Å². The predicted molar refractivity (Wildman–Crippen MR) is 99.5 cm³/mol. The normalized spacial score (nSPS) is 18.4. The molecule has 1 aliphatic heterocycles. The van der Waals surface area contributed by atoms with Gasteiger partial charge in [0.25, 0.3) is 0 Å². The predicted octanol–water partition coefficient (Wildman–Crippen LogP) is 1.51. The number of unbranched alkanes of at least 4 members (excludes halogenated alkanes) is 1. The fraction of sp³-hybridized carbons (Fsp3) is 0.625. The number of anilines is 1. The highest BCUT2D eigenvalue weighted by atomic mass is 32.2. The third-order valence-corrected chi connectivity index (χ3v) is 7.06. The molecule has 0 aromatic heterocycles. The zero-order valence-electron chi connectivity index (χ0n) is 14.5. The van der Waals surface area contributed by atoms with E-state index in [4.69, 9.17) is 0 Å². The highest BCUT2D eigenvalue weighted by molar-refractivity contribution is 7.92. The molecular weight excluding hydrogens is 362 g/mol. The van der Waals surface area contributed by atoms with Gasteiger partial charge in [0.1, 0.15) is 0 Å². The Labute approximate surface area is 150 Å². The summed E-state index contributed by atoms with van der Waals surface area (Å²) in [7, 11) is -6.96. The zero-order chi connectivity index (χ0) is 18.3. The van der Waals surface area contributed by atoms with Gasteiger partial charge in [-0.15, -0.1) is 0 Å². The van der Waals surface area contributed by atoms with Crippen molar-refractivity contribution in [1.82, 2.24) is 10.0 Å². The first-order valence-corrected chi connectivity index (χ1v) is 11.8. The van der Waals surface area contributed by atoms with Crippen molar-refractivity contribution in [1.29, 1.82) is 0 Å². The maximum Gasteiger partial charge on any atom is 0.240 e. The van der Waals surface area contributed by atoms with Crippen LogP contribution in [0.5, 0.6) is 0 Å². The molecule has 0 bridgehead atoms. The minimum absolute atomic E-state index is 0.0567. The van der Waals surface area contributed by atoms with Gasteiger partial charge in [-0.2, -0.15) is 0 Å². The lowest BCUT2D eigenvalue weighted by Crippen LogP contribution is -2.26. The molecule has 1 aromatic carbocycles. The second-order valence-electron chi connectivity index (χ2n) is 6.34. The second kappa shape index (κ2) is 8.98. The SMILES string of the molecule is CCCCS(=O)(=O)Nc1ccc(S(=O)(=O)NCCC2CCNC2)cc1. The van der Waals surface area contributed by atoms with E-state index in [1.807, 2.05) is 6.92 Å². The van der Waals surface area contributed by atoms with E-state index in [1.54, 1.807) is 0 Å². The Morgan fingerprint density at radius 2 is 1.88 bits per heavy atom. The van der Waals surface area contributed by atoms with Crippen LogP contribution in [0.2, 0.25) is 0 Å². The summed E-state index contributed by atoms with van der Waals surface area (Å²) in [5.74, 6) is 0.573. The summed E-state index contributed by atoms with van der Waals surface area (Å²) in [6.45, 7) is 4.26. The molecular formula is C16H27N3O4S2. The van der Waals surface area contributed by atoms with E-state index in [9.17, 15) is 16.8 Å². The number of rotatable bonds is 10. The highest BCUT2D eigenvalue weighted by Crippen LogP contribution is 2.16. The Morgan fingerprint density at radius 3 is 2.48 bits per heavy atom. The van der Waals surface area contributed by atoms with Crippen molar-refractivity contribution in [3.63, 3.8) is 0 Å². The Balaban J connectivity index is 1.91. The van der Waals surface area contributed by atoms with Gasteiger partial charge in [-0.3, -0.25) is 4.72 Å². The second-order valence-corrected chi connectivity index (χ2v) is 9.95. The smallest absolute Gasteiger partial charge is 0.240 e. The van der Waals surface area contributed by atoms with Gasteiger partial charge in [-0.05, 0) is 62.5 Å². The van der Waals surface area contributed by atoms with Gasteiger partial charge in [0, 0.05) is 12.2 Å². The van der Waals surface area contributed by atoms with E-state index in [1.165, 1.54) is 24.3 Å². The van der Waals surface area contributed by atoms with Crippen LogP contribution in [-0.2, 0) is 20.0 Å². The first-order chi connectivity index (χ1) is 11.8. The lowest BCUT2D eigenvalue weighted by atomic mass is 10.1. The Kier molecular flexibility index (Phi) is 7.24. The summed E-state index contributed by atoms with van der Waals surface area (Å²) in [5.41, 5.74) is 0.368. The van der Waals surface area contributed by atoms with Crippen LogP contribution < -0.4 is 14.8 Å². The fourth-order valence-corrected chi connectivity index (χ4v) is 5.02. The molecule has 25 heavy (non-hydrogen) atoms. The zero-order valence-corrected chi connectivity index (χ0v) is 16.1. The molecule has 2 rings (SSSR count). The van der Waals surface area contributed by atoms with Gasteiger partial charge in [-0.25, -0.2) is 21.6 Å². The summed E-state index contributed by atoms with van der Waals surface area (Å²) in [6.07, 6.45) is 3.26. The summed E-state index contributed by atoms with van der Waals surface area (Å²) < 4.78 is 53.3. The van der Waals surface area contributed by atoms with Gasteiger partial charge < -0.3 is 5.32 Å². The largest absolute Gasteiger partial charge is 0.316 e. The van der Waals surface area contributed by atoms with E-state index in [0.717, 1.165) is 32.4 Å². The number of sulfonamides is 2. The van der Waals surface area contributed by atoms with E-state index in [2.05, 4.69) is 14.8 Å². The average molecular weight is 390 g/mol. The van der Waals surface area contributed by atoms with Gasteiger partial charge in [0.2, 0.25) is 20.0 Å². The van der Waals surface area contributed by atoms with Crippen molar-refractivity contribution in [2.24, 2.45) is 5.92 Å². The monoisotopic (exact) mass is 389 g/mol. The van der Waals surface area contributed by atoms with E-state index < -0.39 is 20.0 Å². The van der Waals surface area contributed by atoms with Crippen LogP contribution in [0, 0.1) is 5.92 Å². The summed E-state index contributed by atoms with van der Waals surface area (Å²) in [4.78, 5) is 0.133. The molecule has 1 saturated heterocycles. The van der Waals surface area contributed by atoms with Crippen molar-refractivity contribution < 1.29 is 16.8 Å². The van der Waals surface area contributed by atoms with Crippen molar-refractivity contribution in [2.45, 2.75) is 37.5 Å². The summed E-state index contributed by atoms with van der Waals surface area (Å²) in [6, 6.07) is 5.77. The lowest BCUT2D eigenvalue weighted by molar-refractivity contribution is 0.519. The molecule has 1 aromatic rings. The molecule has 9 heteroatoms. The fourth-order valence-electron chi connectivity index (χ4n) is 2.71. The van der Waals surface area contributed by atoms with Crippen LogP contribution >= 0.6 is 0 Å². The van der Waals surface area contributed by atoms with Crippen molar-refractivity contribution in [3.05, 3.63) is 24.3 Å². The number of benzene rings is 1. The first kappa shape index (κ1) is 20.2. The van der Waals surface area contributed by atoms with E-state index in [0.29, 0.717) is 24.6 Å². The summed E-state index contributed by atoms with van der Waals surface area (Å²) in [5, 5.41) is 3.26. The van der Waals surface area contributed by atoms with Gasteiger partial charge in [-0.1, -0.05) is 13.3 Å². The molecule has 1 fully saturated rings. The van der Waals surface area contributed by atoms with Gasteiger partial charge >= 0.3 is 0 Å². The summed E-state index contributed by atoms with van der Waals surface area (Å²) >= 11 is 0. The van der Waals surface area contributed by atoms with Crippen molar-refractivity contribution >= 4 is 25.7 Å². The molecule has 0 aliphatic carbocycles. The van der Waals surface area contributed by atoms with Crippen LogP contribution in [0.4, 0.5) is 5.69 Å². The van der Waals surface area contributed by atoms with Crippen LogP contribution in [0.25, 0.3) is 0 Å². The molecule has 0 amide bonds. The van der Waals surface area contributed by atoms with E-state index in [-0.39, 0.29) is 10.6 Å². The molecule has 1 aliphatic rings. The van der Waals surface area contributed by atoms with Crippen LogP contribution in [0.3, 0.4) is 0 Å². The van der Waals surface area contributed by atoms with Crippen LogP contribution in [-0.4, -0.2) is 42.2 Å². The number of nitrogens with one attached hydrogen (secondary N) is 3.